The fourth-order valence-electron chi connectivity index (χ4n) is 4.48. The quantitative estimate of drug-likeness (QED) is 0.424. The second-order valence-electron chi connectivity index (χ2n) is 8.47. The predicted molar refractivity (Wildman–Crippen MR) is 130 cm³/mol. The van der Waals surface area contributed by atoms with Crippen molar-refractivity contribution < 1.29 is 19.1 Å². The minimum Gasteiger partial charge on any atom is -0.464 e. The Balaban J connectivity index is 1.40. The van der Waals surface area contributed by atoms with E-state index in [1.165, 1.54) is 7.11 Å². The summed E-state index contributed by atoms with van der Waals surface area (Å²) in [7, 11) is 1.38. The number of methoxy groups -OCH3 is 1. The van der Waals surface area contributed by atoms with Gasteiger partial charge in [0.25, 0.3) is 0 Å². The molecule has 1 aliphatic rings. The number of benzene rings is 2. The molecule has 7 heteroatoms. The van der Waals surface area contributed by atoms with Gasteiger partial charge in [-0.25, -0.2) is 4.79 Å². The summed E-state index contributed by atoms with van der Waals surface area (Å²) in [5.41, 5.74) is 2.11. The average Bonchev–Trinajstić information content (AvgIpc) is 3.38. The number of amides is 1. The van der Waals surface area contributed by atoms with Crippen LogP contribution < -0.4 is 5.32 Å². The van der Waals surface area contributed by atoms with Crippen LogP contribution in [0, 0.1) is 0 Å². The van der Waals surface area contributed by atoms with Crippen LogP contribution in [-0.4, -0.2) is 53.4 Å². The average molecular weight is 460 g/mol. The largest absolute Gasteiger partial charge is 0.464 e. The van der Waals surface area contributed by atoms with Crippen LogP contribution in [0.15, 0.2) is 72.9 Å². The minimum absolute atomic E-state index is 0.127. The first-order valence-corrected chi connectivity index (χ1v) is 11.5. The molecule has 1 amide bonds. The number of esters is 1. The van der Waals surface area contributed by atoms with Gasteiger partial charge in [-0.2, -0.15) is 0 Å². The van der Waals surface area contributed by atoms with Crippen molar-refractivity contribution in [3.05, 3.63) is 89.7 Å². The zero-order valence-electron chi connectivity index (χ0n) is 19.4. The number of nitrogens with one attached hydrogen (secondary N) is 1. The van der Waals surface area contributed by atoms with Gasteiger partial charge in [-0.1, -0.05) is 42.5 Å². The first-order valence-electron chi connectivity index (χ1n) is 11.5. The Labute approximate surface area is 199 Å². The lowest BCUT2D eigenvalue weighted by Crippen LogP contribution is -2.46. The molecule has 0 radical (unpaired) electrons. The van der Waals surface area contributed by atoms with E-state index < -0.39 is 0 Å². The van der Waals surface area contributed by atoms with Gasteiger partial charge in [0, 0.05) is 36.5 Å². The van der Waals surface area contributed by atoms with Gasteiger partial charge in [-0.3, -0.25) is 14.5 Å². The van der Waals surface area contributed by atoms with Crippen LogP contribution in [0.4, 0.5) is 5.69 Å². The van der Waals surface area contributed by atoms with Crippen LogP contribution in [0.5, 0.6) is 0 Å². The third kappa shape index (κ3) is 4.94. The molecule has 1 atom stereocenters. The lowest BCUT2D eigenvalue weighted by atomic mass is 10.0. The second-order valence-corrected chi connectivity index (χ2v) is 8.47. The molecule has 1 aliphatic heterocycles. The highest BCUT2D eigenvalue weighted by Crippen LogP contribution is 2.27. The summed E-state index contributed by atoms with van der Waals surface area (Å²) in [6, 6.07) is 19.6. The van der Waals surface area contributed by atoms with Crippen molar-refractivity contribution in [2.24, 2.45) is 0 Å². The van der Waals surface area contributed by atoms with Gasteiger partial charge in [0.05, 0.1) is 18.8 Å². The molecule has 2 aromatic carbocycles. The number of aromatic nitrogens is 1. The molecule has 2 heterocycles. The van der Waals surface area contributed by atoms with E-state index in [0.29, 0.717) is 22.5 Å². The van der Waals surface area contributed by atoms with Crippen molar-refractivity contribution >= 4 is 23.3 Å². The maximum atomic E-state index is 13.1. The molecule has 1 N–H and O–H groups in total. The topological polar surface area (TPSA) is 80.6 Å². The van der Waals surface area contributed by atoms with E-state index >= 15 is 0 Å². The first kappa shape index (κ1) is 23.4. The number of hydrogen-bond donors (Lipinski definition) is 1. The third-order valence-corrected chi connectivity index (χ3v) is 6.46. The van der Waals surface area contributed by atoms with Gasteiger partial charge in [-0.05, 0) is 44.0 Å². The van der Waals surface area contributed by atoms with Crippen molar-refractivity contribution in [1.29, 1.82) is 0 Å². The summed E-state index contributed by atoms with van der Waals surface area (Å²) < 4.78 is 6.85. The summed E-state index contributed by atoms with van der Waals surface area (Å²) in [4.78, 5) is 40.2. The fourth-order valence-corrected chi connectivity index (χ4v) is 4.48. The number of ketones is 1. The van der Waals surface area contributed by atoms with Crippen molar-refractivity contribution in [3.8, 4) is 0 Å². The van der Waals surface area contributed by atoms with E-state index in [4.69, 9.17) is 4.74 Å². The second kappa shape index (κ2) is 10.5. The number of ether oxygens (including phenoxy) is 1. The number of likely N-dealkylation sites (tertiary alicyclic amines) is 1. The number of hydrogen-bond acceptors (Lipinski definition) is 5. The van der Waals surface area contributed by atoms with E-state index in [-0.39, 0.29) is 29.7 Å². The number of nitrogens with zero attached hydrogens (tertiary/aromatic N) is 2. The smallest absolute Gasteiger partial charge is 0.354 e. The molecule has 7 nitrogen and oxygen atoms in total. The predicted octanol–water partition coefficient (Wildman–Crippen LogP) is 4.17. The molecule has 1 fully saturated rings. The summed E-state index contributed by atoms with van der Waals surface area (Å²) in [6.07, 6.45) is 3.54. The van der Waals surface area contributed by atoms with E-state index in [9.17, 15) is 14.4 Å². The fraction of sp³-hybridized carbons (Fsp3) is 0.296. The Hall–Kier alpha value is -3.71. The Morgan fingerprint density at radius 3 is 2.32 bits per heavy atom. The van der Waals surface area contributed by atoms with Crippen molar-refractivity contribution in [1.82, 2.24) is 9.47 Å². The number of carbonyl (C=O) groups excluding carboxylic acids is 3. The van der Waals surface area contributed by atoms with Crippen LogP contribution >= 0.6 is 0 Å². The molecule has 1 unspecified atom stereocenters. The molecular formula is C27H29N3O4. The number of rotatable bonds is 7. The van der Waals surface area contributed by atoms with Gasteiger partial charge in [0.2, 0.25) is 5.91 Å². The molecule has 4 rings (SSSR count). The molecule has 0 bridgehead atoms. The zero-order chi connectivity index (χ0) is 24.1. The lowest BCUT2D eigenvalue weighted by Gasteiger charge is -2.36. The highest BCUT2D eigenvalue weighted by molar-refractivity contribution is 6.14. The van der Waals surface area contributed by atoms with Crippen molar-refractivity contribution in [3.63, 3.8) is 0 Å². The number of carbonyl (C=O) groups is 3. The van der Waals surface area contributed by atoms with Gasteiger partial charge >= 0.3 is 5.97 Å². The molecule has 0 spiro atoms. The summed E-state index contributed by atoms with van der Waals surface area (Å²) in [5, 5.41) is 2.96. The molecule has 3 aromatic rings. The molecule has 0 aliphatic carbocycles. The van der Waals surface area contributed by atoms with Gasteiger partial charge in [0.1, 0.15) is 5.69 Å². The van der Waals surface area contributed by atoms with Crippen LogP contribution in [0.1, 0.15) is 52.2 Å². The normalized spacial score (nSPS) is 15.5. The zero-order valence-corrected chi connectivity index (χ0v) is 19.4. The van der Waals surface area contributed by atoms with Crippen molar-refractivity contribution in [2.45, 2.75) is 31.8 Å². The van der Waals surface area contributed by atoms with E-state index in [0.717, 1.165) is 25.9 Å². The summed E-state index contributed by atoms with van der Waals surface area (Å²) in [6.45, 7) is 3.33. The van der Waals surface area contributed by atoms with Crippen LogP contribution in [-0.2, 0) is 9.53 Å². The minimum atomic E-state index is -0.356. The third-order valence-electron chi connectivity index (χ3n) is 6.46. The summed E-state index contributed by atoms with van der Waals surface area (Å²) >= 11 is 0. The van der Waals surface area contributed by atoms with E-state index in [1.807, 2.05) is 48.0 Å². The number of piperidine rings is 1. The molecule has 34 heavy (non-hydrogen) atoms. The Morgan fingerprint density at radius 1 is 0.941 bits per heavy atom. The lowest BCUT2D eigenvalue weighted by molar-refractivity contribution is -0.121. The van der Waals surface area contributed by atoms with E-state index in [1.54, 1.807) is 36.4 Å². The molecule has 0 saturated carbocycles. The SMILES string of the molecule is COC(=O)c1cccn1C1CCN(C(C)C(=O)Nc2ccccc2C(=O)c2ccccc2)CC1. The van der Waals surface area contributed by atoms with Gasteiger partial charge in [0.15, 0.2) is 5.78 Å². The maximum absolute atomic E-state index is 13.1. The van der Waals surface area contributed by atoms with Crippen molar-refractivity contribution in [2.75, 3.05) is 25.5 Å². The highest BCUT2D eigenvalue weighted by atomic mass is 16.5. The molecule has 1 aromatic heterocycles. The van der Waals surface area contributed by atoms with Gasteiger partial charge in [-0.15, -0.1) is 0 Å². The maximum Gasteiger partial charge on any atom is 0.354 e. The molecule has 1 saturated heterocycles. The van der Waals surface area contributed by atoms with E-state index in [2.05, 4.69) is 10.2 Å². The monoisotopic (exact) mass is 459 g/mol. The molecular weight excluding hydrogens is 430 g/mol. The highest BCUT2D eigenvalue weighted by Gasteiger charge is 2.29. The molecule has 176 valence electrons. The number of anilines is 1. The number of para-hydroxylation sites is 1. The standard InChI is InChI=1S/C27H29N3O4/c1-19(29-17-14-21(15-18-29)30-16-8-13-24(30)27(33)34-2)26(32)28-23-12-7-6-11-22(23)25(31)20-9-4-3-5-10-20/h3-13,16,19,21H,14-15,17-18H2,1-2H3,(H,28,32). The van der Waals surface area contributed by atoms with Crippen LogP contribution in [0.3, 0.4) is 0 Å². The Bertz CT molecular complexity index is 1160. The Kier molecular flexibility index (Phi) is 7.23. The van der Waals surface area contributed by atoms with Crippen LogP contribution in [0.2, 0.25) is 0 Å². The first-order chi connectivity index (χ1) is 16.5. The van der Waals surface area contributed by atoms with Crippen LogP contribution in [0.25, 0.3) is 0 Å². The van der Waals surface area contributed by atoms with Gasteiger partial charge < -0.3 is 14.6 Å². The summed E-state index contributed by atoms with van der Waals surface area (Å²) in [5.74, 6) is -0.620. The Morgan fingerprint density at radius 2 is 1.62 bits per heavy atom.